The van der Waals surface area contributed by atoms with Gasteiger partial charge in [0.2, 0.25) is 6.19 Å². The third kappa shape index (κ3) is 5.41. The summed E-state index contributed by atoms with van der Waals surface area (Å²) in [4.78, 5) is 13.9. The van der Waals surface area contributed by atoms with Crippen molar-refractivity contribution in [3.8, 4) is 11.9 Å². The summed E-state index contributed by atoms with van der Waals surface area (Å²) >= 11 is 0. The number of aryl methyl sites for hydroxylation is 1. The number of aliphatic imine (C=N–C) groups is 1. The molecule has 0 radical (unpaired) electrons. The molecule has 3 aromatic carbocycles. The molecule has 0 aliphatic carbocycles. The third-order valence-corrected chi connectivity index (χ3v) is 10.4. The van der Waals surface area contributed by atoms with Gasteiger partial charge in [0.15, 0.2) is 0 Å². The number of para-hydroxylation sites is 3. The van der Waals surface area contributed by atoms with Gasteiger partial charge < -0.3 is 14.2 Å². The molecule has 4 unspecified atom stereocenters. The molecule has 0 spiro atoms. The van der Waals surface area contributed by atoms with E-state index in [1.54, 1.807) is 0 Å². The van der Waals surface area contributed by atoms with Crippen LogP contribution in [-0.2, 0) is 5.41 Å². The third-order valence-electron chi connectivity index (χ3n) is 10.4. The average molecular weight is 573 g/mol. The van der Waals surface area contributed by atoms with Gasteiger partial charge in [-0.05, 0) is 93.2 Å². The van der Waals surface area contributed by atoms with E-state index in [1.165, 1.54) is 43.3 Å². The van der Waals surface area contributed by atoms with Crippen molar-refractivity contribution in [3.05, 3.63) is 96.3 Å². The summed E-state index contributed by atoms with van der Waals surface area (Å²) < 4.78 is 8.59. The quantitative estimate of drug-likeness (QED) is 0.146. The van der Waals surface area contributed by atoms with Gasteiger partial charge in [-0.1, -0.05) is 60.7 Å². The number of rotatable bonds is 6. The molecule has 7 nitrogen and oxygen atoms in total. The Bertz CT molecular complexity index is 1600. The van der Waals surface area contributed by atoms with Gasteiger partial charge >= 0.3 is 6.02 Å². The topological polar surface area (TPSA) is 69.7 Å². The van der Waals surface area contributed by atoms with Crippen LogP contribution < -0.4 is 4.74 Å². The van der Waals surface area contributed by atoms with Crippen LogP contribution in [0.1, 0.15) is 56.0 Å². The largest absolute Gasteiger partial charge is 0.425 e. The predicted molar refractivity (Wildman–Crippen MR) is 170 cm³/mol. The number of likely N-dealkylation sites (tertiary alicyclic amines) is 1. The van der Waals surface area contributed by atoms with Crippen LogP contribution in [-0.4, -0.2) is 57.6 Å². The number of hydrogen-bond donors (Lipinski definition) is 0. The maximum atomic E-state index is 9.40. The minimum Gasteiger partial charge on any atom is -0.425 e. The van der Waals surface area contributed by atoms with Crippen LogP contribution in [0.4, 0.5) is 0 Å². The van der Waals surface area contributed by atoms with E-state index in [2.05, 4.69) is 80.9 Å². The van der Waals surface area contributed by atoms with Crippen LogP contribution in [0.15, 0.2) is 89.9 Å². The highest BCUT2D eigenvalue weighted by Gasteiger charge is 2.44. The van der Waals surface area contributed by atoms with E-state index in [9.17, 15) is 5.26 Å². The summed E-state index contributed by atoms with van der Waals surface area (Å²) in [5.74, 6) is 2.56. The highest BCUT2D eigenvalue weighted by Crippen LogP contribution is 2.45. The minimum absolute atomic E-state index is 0.108. The van der Waals surface area contributed by atoms with E-state index in [-0.39, 0.29) is 5.41 Å². The number of nitrogens with zero attached hydrogens (tertiary/aromatic N) is 6. The van der Waals surface area contributed by atoms with Crippen molar-refractivity contribution in [2.24, 2.45) is 10.9 Å². The molecule has 0 amide bonds. The van der Waals surface area contributed by atoms with Gasteiger partial charge in [0.25, 0.3) is 0 Å². The summed E-state index contributed by atoms with van der Waals surface area (Å²) in [6, 6.07) is 30.9. The number of amidine groups is 1. The predicted octanol–water partition coefficient (Wildman–Crippen LogP) is 6.71. The second kappa shape index (κ2) is 11.9. The lowest BCUT2D eigenvalue weighted by molar-refractivity contribution is 0.107. The number of aromatic nitrogens is 2. The Kier molecular flexibility index (Phi) is 7.63. The van der Waals surface area contributed by atoms with Crippen molar-refractivity contribution >= 4 is 17.1 Å². The van der Waals surface area contributed by atoms with Crippen LogP contribution in [0.5, 0.6) is 5.75 Å². The standard InChI is InChI=1S/C36H40N6O/c1-27-39-32-14-8-9-15-34(32)42(27)30-24-28-17-21-41(25-30)33(28)16-18-36(29-10-4-2-5-11-29)19-22-40(23-20-36)35(38-26-37)43-31-12-6-3-7-13-31/h2-15,28,30,33H,16-25H2,1H3. The van der Waals surface area contributed by atoms with Gasteiger partial charge in [-0.2, -0.15) is 5.26 Å². The van der Waals surface area contributed by atoms with Crippen LogP contribution in [0.3, 0.4) is 0 Å². The number of nitriles is 1. The molecular weight excluding hydrogens is 532 g/mol. The second-order valence-corrected chi connectivity index (χ2v) is 12.6. The first kappa shape index (κ1) is 27.7. The Balaban J connectivity index is 1.06. The molecule has 220 valence electrons. The second-order valence-electron chi connectivity index (χ2n) is 12.6. The Labute approximate surface area is 254 Å². The lowest BCUT2D eigenvalue weighted by Gasteiger charge is -2.45. The van der Waals surface area contributed by atoms with E-state index in [0.29, 0.717) is 23.9 Å². The molecule has 7 rings (SSSR count). The summed E-state index contributed by atoms with van der Waals surface area (Å²) in [5, 5.41) is 9.40. The molecule has 3 aliphatic heterocycles. The smallest absolute Gasteiger partial charge is 0.308 e. The normalized spacial score (nSPS) is 25.0. The number of piperidine rings is 2. The maximum Gasteiger partial charge on any atom is 0.308 e. The van der Waals surface area contributed by atoms with Gasteiger partial charge in [-0.15, -0.1) is 4.99 Å². The first-order valence-corrected chi connectivity index (χ1v) is 15.8. The molecule has 4 heterocycles. The maximum absolute atomic E-state index is 9.40. The van der Waals surface area contributed by atoms with Crippen molar-refractivity contribution in [1.29, 1.82) is 5.26 Å². The van der Waals surface area contributed by atoms with Crippen molar-refractivity contribution in [2.45, 2.75) is 62.9 Å². The number of fused-ring (bicyclic) bond motifs is 3. The number of ether oxygens (including phenoxy) is 1. The number of benzene rings is 3. The fourth-order valence-corrected chi connectivity index (χ4v) is 8.24. The molecule has 3 aliphatic rings. The van der Waals surface area contributed by atoms with Gasteiger partial charge in [-0.3, -0.25) is 4.90 Å². The summed E-state index contributed by atoms with van der Waals surface area (Å²) in [6.45, 7) is 6.11. The van der Waals surface area contributed by atoms with Crippen LogP contribution in [0.25, 0.3) is 11.0 Å². The molecule has 3 fully saturated rings. The van der Waals surface area contributed by atoms with E-state index < -0.39 is 0 Å². The zero-order valence-electron chi connectivity index (χ0n) is 25.0. The Morgan fingerprint density at radius 2 is 1.70 bits per heavy atom. The van der Waals surface area contributed by atoms with Crippen molar-refractivity contribution < 1.29 is 4.74 Å². The first-order chi connectivity index (χ1) is 21.1. The fourth-order valence-electron chi connectivity index (χ4n) is 8.24. The van der Waals surface area contributed by atoms with E-state index in [1.807, 2.05) is 36.5 Å². The first-order valence-electron chi connectivity index (χ1n) is 15.8. The lowest BCUT2D eigenvalue weighted by Crippen LogP contribution is -2.48. The molecule has 1 aromatic heterocycles. The van der Waals surface area contributed by atoms with Crippen LogP contribution in [0, 0.1) is 24.3 Å². The zero-order chi connectivity index (χ0) is 29.2. The number of imidazole rings is 1. The van der Waals surface area contributed by atoms with E-state index in [4.69, 9.17) is 9.72 Å². The van der Waals surface area contributed by atoms with Gasteiger partial charge in [0.1, 0.15) is 11.6 Å². The van der Waals surface area contributed by atoms with Gasteiger partial charge in [0, 0.05) is 31.7 Å². The fraction of sp³-hybridized carbons (Fsp3) is 0.417. The molecule has 7 heteroatoms. The lowest BCUT2D eigenvalue weighted by atomic mass is 9.68. The monoisotopic (exact) mass is 572 g/mol. The number of hydrogen-bond acceptors (Lipinski definition) is 5. The average Bonchev–Trinajstić information content (AvgIpc) is 3.51. The van der Waals surface area contributed by atoms with Gasteiger partial charge in [-0.25, -0.2) is 4.98 Å². The van der Waals surface area contributed by atoms with Crippen molar-refractivity contribution in [1.82, 2.24) is 19.4 Å². The minimum atomic E-state index is 0.108. The Morgan fingerprint density at radius 3 is 2.44 bits per heavy atom. The molecule has 3 saturated heterocycles. The van der Waals surface area contributed by atoms with Crippen molar-refractivity contribution in [3.63, 3.8) is 0 Å². The highest BCUT2D eigenvalue weighted by molar-refractivity contribution is 5.77. The molecule has 2 bridgehead atoms. The SMILES string of the molecule is Cc1nc2ccccc2n1C1CC2CCN(C1)C2CCC1(c2ccccc2)CCN(C(=NC#N)Oc2ccccc2)CC1. The summed E-state index contributed by atoms with van der Waals surface area (Å²) in [7, 11) is 0. The Hall–Kier alpha value is -4.15. The summed E-state index contributed by atoms with van der Waals surface area (Å²) in [5.41, 5.74) is 3.93. The van der Waals surface area contributed by atoms with E-state index >= 15 is 0 Å². The molecule has 4 aromatic rings. The molecule has 0 saturated carbocycles. The summed E-state index contributed by atoms with van der Waals surface area (Å²) in [6.07, 6.45) is 8.91. The molecule has 43 heavy (non-hydrogen) atoms. The highest BCUT2D eigenvalue weighted by atomic mass is 16.5. The molecular formula is C36H40N6O. The zero-order valence-corrected chi connectivity index (χ0v) is 25.0. The van der Waals surface area contributed by atoms with Crippen LogP contribution in [0.2, 0.25) is 0 Å². The molecule has 0 N–H and O–H groups in total. The molecule has 4 atom stereocenters. The van der Waals surface area contributed by atoms with Crippen molar-refractivity contribution in [2.75, 3.05) is 26.2 Å². The Morgan fingerprint density at radius 1 is 0.977 bits per heavy atom. The van der Waals surface area contributed by atoms with E-state index in [0.717, 1.165) is 49.7 Å². The van der Waals surface area contributed by atoms with Crippen LogP contribution >= 0.6 is 0 Å². The van der Waals surface area contributed by atoms with Gasteiger partial charge in [0.05, 0.1) is 11.0 Å².